The van der Waals surface area contributed by atoms with Crippen molar-refractivity contribution in [3.8, 4) is 5.75 Å². The summed E-state index contributed by atoms with van der Waals surface area (Å²) in [5.41, 5.74) is 3.99. The van der Waals surface area contributed by atoms with Crippen molar-refractivity contribution in [2.75, 3.05) is 13.2 Å². The highest BCUT2D eigenvalue weighted by Gasteiger charge is 2.25. The van der Waals surface area contributed by atoms with Crippen molar-refractivity contribution >= 4 is 22.7 Å². The van der Waals surface area contributed by atoms with Gasteiger partial charge in [0.05, 0.1) is 31.2 Å². The highest BCUT2D eigenvalue weighted by Crippen LogP contribution is 2.20. The van der Waals surface area contributed by atoms with Crippen LogP contribution in [0.15, 0.2) is 97.7 Å². The van der Waals surface area contributed by atoms with E-state index in [1.54, 1.807) is 6.08 Å². The Kier molecular flexibility index (Phi) is 11.3. The number of ether oxygens (including phenoxy) is 1. The molecule has 1 heterocycles. The van der Waals surface area contributed by atoms with Crippen LogP contribution < -0.4 is 15.4 Å². The molecule has 0 radical (unpaired) electrons. The van der Waals surface area contributed by atoms with Gasteiger partial charge in [-0.1, -0.05) is 66.7 Å². The highest BCUT2D eigenvalue weighted by atomic mass is 16.5. The standard InChI is InChI=1S/C34H39N3O5/c1-2-8-26(34(41)37-29(22-39)18-27-20-35-32-12-7-6-11-31(27)32)19-33(40)36-28(21-38)17-24-13-15-30(16-14-24)42-23-25-9-4-3-5-10-25/h2-7,9-16,20,26,28-29,35,38-39H,1,8,17-19,21-23H2,(H,36,40)(H,37,41)/t26-,28+,29+/m1/s1. The molecule has 5 N–H and O–H groups in total. The lowest BCUT2D eigenvalue weighted by atomic mass is 9.97. The fourth-order valence-corrected chi connectivity index (χ4v) is 4.95. The summed E-state index contributed by atoms with van der Waals surface area (Å²) >= 11 is 0. The molecule has 220 valence electrons. The minimum Gasteiger partial charge on any atom is -0.489 e. The van der Waals surface area contributed by atoms with Gasteiger partial charge >= 0.3 is 0 Å². The van der Waals surface area contributed by atoms with Crippen LogP contribution in [-0.2, 0) is 29.0 Å². The largest absolute Gasteiger partial charge is 0.489 e. The Morgan fingerprint density at radius 3 is 2.26 bits per heavy atom. The molecule has 0 spiro atoms. The second-order valence-corrected chi connectivity index (χ2v) is 10.4. The van der Waals surface area contributed by atoms with E-state index in [0.717, 1.165) is 33.3 Å². The molecule has 8 heteroatoms. The minimum absolute atomic E-state index is 0.0636. The minimum atomic E-state index is -0.653. The average Bonchev–Trinajstić information content (AvgIpc) is 3.42. The number of H-pyrrole nitrogens is 1. The number of hydrogen-bond donors (Lipinski definition) is 5. The third kappa shape index (κ3) is 8.80. The quantitative estimate of drug-likeness (QED) is 0.130. The Morgan fingerprint density at radius 1 is 0.857 bits per heavy atom. The summed E-state index contributed by atoms with van der Waals surface area (Å²) in [7, 11) is 0. The van der Waals surface area contributed by atoms with E-state index in [1.165, 1.54) is 0 Å². The Morgan fingerprint density at radius 2 is 1.55 bits per heavy atom. The number of carbonyl (C=O) groups is 2. The number of aromatic nitrogens is 1. The Bertz CT molecular complexity index is 1430. The number of amides is 2. The van der Waals surface area contributed by atoms with Crippen molar-refractivity contribution in [2.45, 2.75) is 44.4 Å². The molecule has 1 aromatic heterocycles. The molecular formula is C34H39N3O5. The van der Waals surface area contributed by atoms with E-state index < -0.39 is 18.0 Å². The van der Waals surface area contributed by atoms with Crippen LogP contribution in [0.3, 0.4) is 0 Å². The first-order valence-electron chi connectivity index (χ1n) is 14.2. The number of allylic oxidation sites excluding steroid dienone is 1. The Balaban J connectivity index is 1.28. The number of aliphatic hydroxyl groups is 2. The molecule has 0 aliphatic heterocycles. The summed E-state index contributed by atoms with van der Waals surface area (Å²) in [5, 5.41) is 26.7. The van der Waals surface area contributed by atoms with E-state index >= 15 is 0 Å². The van der Waals surface area contributed by atoms with Crippen LogP contribution in [0.4, 0.5) is 0 Å². The number of aliphatic hydroxyl groups excluding tert-OH is 2. The number of para-hydroxylation sites is 1. The number of aromatic amines is 1. The van der Waals surface area contributed by atoms with Gasteiger partial charge in [0, 0.05) is 23.5 Å². The first-order valence-corrected chi connectivity index (χ1v) is 14.2. The fourth-order valence-electron chi connectivity index (χ4n) is 4.95. The van der Waals surface area contributed by atoms with E-state index in [9.17, 15) is 19.8 Å². The SMILES string of the molecule is C=CC[C@H](CC(=O)N[C@H](CO)Cc1ccc(OCc2ccccc2)cc1)C(=O)N[C@H](CO)Cc1c[nH]c2ccccc12. The van der Waals surface area contributed by atoms with Crippen LogP contribution >= 0.6 is 0 Å². The van der Waals surface area contributed by atoms with Gasteiger partial charge in [0.25, 0.3) is 0 Å². The van der Waals surface area contributed by atoms with Crippen molar-refractivity contribution in [3.05, 3.63) is 114 Å². The summed E-state index contributed by atoms with van der Waals surface area (Å²) in [6.07, 6.45) is 4.60. The fraction of sp³-hybridized carbons (Fsp3) is 0.294. The van der Waals surface area contributed by atoms with Crippen molar-refractivity contribution in [2.24, 2.45) is 5.92 Å². The summed E-state index contributed by atoms with van der Waals surface area (Å²) in [4.78, 5) is 29.3. The summed E-state index contributed by atoms with van der Waals surface area (Å²) in [6, 6.07) is 24.3. The first-order chi connectivity index (χ1) is 20.5. The molecule has 42 heavy (non-hydrogen) atoms. The number of carbonyl (C=O) groups excluding carboxylic acids is 2. The van der Waals surface area contributed by atoms with Gasteiger partial charge in [0.15, 0.2) is 0 Å². The van der Waals surface area contributed by atoms with Crippen LogP contribution in [0.5, 0.6) is 5.75 Å². The van der Waals surface area contributed by atoms with Crippen molar-refractivity contribution in [3.63, 3.8) is 0 Å². The topological polar surface area (TPSA) is 124 Å². The van der Waals surface area contributed by atoms with Gasteiger partial charge in [-0.15, -0.1) is 6.58 Å². The predicted molar refractivity (Wildman–Crippen MR) is 164 cm³/mol. The lowest BCUT2D eigenvalue weighted by molar-refractivity contribution is -0.131. The molecule has 0 fully saturated rings. The number of hydrogen-bond acceptors (Lipinski definition) is 5. The number of fused-ring (bicyclic) bond motifs is 1. The Hall–Kier alpha value is -4.40. The molecule has 0 saturated carbocycles. The smallest absolute Gasteiger partial charge is 0.224 e. The van der Waals surface area contributed by atoms with Gasteiger partial charge < -0.3 is 30.6 Å². The molecule has 0 unspecified atom stereocenters. The van der Waals surface area contributed by atoms with E-state index in [0.29, 0.717) is 25.9 Å². The molecule has 0 bridgehead atoms. The lowest BCUT2D eigenvalue weighted by Crippen LogP contribution is -2.45. The van der Waals surface area contributed by atoms with Crippen LogP contribution in [0.2, 0.25) is 0 Å². The van der Waals surface area contributed by atoms with Gasteiger partial charge in [-0.3, -0.25) is 9.59 Å². The number of rotatable bonds is 16. The lowest BCUT2D eigenvalue weighted by Gasteiger charge is -2.22. The van der Waals surface area contributed by atoms with E-state index in [1.807, 2.05) is 85.1 Å². The van der Waals surface area contributed by atoms with Crippen LogP contribution in [0.25, 0.3) is 10.9 Å². The molecule has 0 aliphatic carbocycles. The van der Waals surface area contributed by atoms with Crippen LogP contribution in [0.1, 0.15) is 29.5 Å². The molecule has 2 amide bonds. The zero-order chi connectivity index (χ0) is 29.7. The van der Waals surface area contributed by atoms with Crippen molar-refractivity contribution in [1.82, 2.24) is 15.6 Å². The van der Waals surface area contributed by atoms with E-state index in [-0.39, 0.29) is 31.4 Å². The van der Waals surface area contributed by atoms with Crippen LogP contribution in [0, 0.1) is 5.92 Å². The van der Waals surface area contributed by atoms with Gasteiger partial charge in [-0.05, 0) is 54.2 Å². The number of nitrogens with one attached hydrogen (secondary N) is 3. The zero-order valence-electron chi connectivity index (χ0n) is 23.7. The van der Waals surface area contributed by atoms with Gasteiger partial charge in [-0.25, -0.2) is 0 Å². The normalized spacial score (nSPS) is 13.2. The summed E-state index contributed by atoms with van der Waals surface area (Å²) < 4.78 is 5.83. The van der Waals surface area contributed by atoms with Crippen LogP contribution in [-0.4, -0.2) is 52.3 Å². The van der Waals surface area contributed by atoms with E-state index in [2.05, 4.69) is 22.2 Å². The van der Waals surface area contributed by atoms with Gasteiger partial charge in [0.1, 0.15) is 12.4 Å². The predicted octanol–water partition coefficient (Wildman–Crippen LogP) is 4.07. The summed E-state index contributed by atoms with van der Waals surface area (Å²) in [5.74, 6) is -0.581. The molecule has 3 atom stereocenters. The maximum atomic E-state index is 13.1. The molecule has 0 aliphatic rings. The molecule has 4 rings (SSSR count). The highest BCUT2D eigenvalue weighted by molar-refractivity contribution is 5.86. The second-order valence-electron chi connectivity index (χ2n) is 10.4. The first kappa shape index (κ1) is 30.6. The monoisotopic (exact) mass is 569 g/mol. The van der Waals surface area contributed by atoms with Crippen molar-refractivity contribution in [1.29, 1.82) is 0 Å². The maximum Gasteiger partial charge on any atom is 0.224 e. The molecule has 0 saturated heterocycles. The van der Waals surface area contributed by atoms with Crippen molar-refractivity contribution < 1.29 is 24.5 Å². The third-order valence-corrected chi connectivity index (χ3v) is 7.20. The molecule has 8 nitrogen and oxygen atoms in total. The third-order valence-electron chi connectivity index (χ3n) is 7.20. The summed E-state index contributed by atoms with van der Waals surface area (Å²) in [6.45, 7) is 3.73. The molecule has 3 aromatic carbocycles. The maximum absolute atomic E-state index is 13.1. The molecular weight excluding hydrogens is 530 g/mol. The molecule has 4 aromatic rings. The Labute approximate surface area is 246 Å². The number of benzene rings is 3. The zero-order valence-corrected chi connectivity index (χ0v) is 23.7. The average molecular weight is 570 g/mol. The van der Waals surface area contributed by atoms with Gasteiger partial charge in [-0.2, -0.15) is 0 Å². The van der Waals surface area contributed by atoms with Gasteiger partial charge in [0.2, 0.25) is 11.8 Å². The second kappa shape index (κ2) is 15.6. The van der Waals surface area contributed by atoms with E-state index in [4.69, 9.17) is 4.74 Å².